The summed E-state index contributed by atoms with van der Waals surface area (Å²) < 4.78 is 0. The largest absolute Gasteiger partial charge is 0.349 e. The van der Waals surface area contributed by atoms with E-state index in [1.807, 2.05) is 12.4 Å². The number of piperidine rings is 1. The number of hydrogen-bond donors (Lipinski definition) is 2. The third-order valence-corrected chi connectivity index (χ3v) is 3.60. The van der Waals surface area contributed by atoms with E-state index in [0.717, 1.165) is 18.3 Å². The highest BCUT2D eigenvalue weighted by Crippen LogP contribution is 2.11. The van der Waals surface area contributed by atoms with E-state index in [2.05, 4.69) is 34.0 Å². The molecule has 1 saturated heterocycles. The molecule has 1 fully saturated rings. The van der Waals surface area contributed by atoms with Gasteiger partial charge in [0.2, 0.25) is 0 Å². The minimum atomic E-state index is 0.612. The van der Waals surface area contributed by atoms with Crippen LogP contribution in [0.4, 0.5) is 0 Å². The summed E-state index contributed by atoms with van der Waals surface area (Å²) in [6.07, 6.45) is 8.58. The minimum Gasteiger partial charge on any atom is -0.349 e. The second-order valence-corrected chi connectivity index (χ2v) is 5.58. The fourth-order valence-corrected chi connectivity index (χ4v) is 2.70. The monoisotopic (exact) mass is 250 g/mol. The van der Waals surface area contributed by atoms with Crippen molar-refractivity contribution in [3.8, 4) is 0 Å². The van der Waals surface area contributed by atoms with Crippen molar-refractivity contribution in [2.24, 2.45) is 0 Å². The highest BCUT2D eigenvalue weighted by molar-refractivity contribution is 4.87. The molecular formula is C14H26N4. The zero-order valence-corrected chi connectivity index (χ0v) is 11.7. The summed E-state index contributed by atoms with van der Waals surface area (Å²) in [6.45, 7) is 8.14. The average Bonchev–Trinajstić information content (AvgIpc) is 2.84. The molecule has 4 nitrogen and oxygen atoms in total. The lowest BCUT2D eigenvalue weighted by molar-refractivity contribution is 0.191. The fourth-order valence-electron chi connectivity index (χ4n) is 2.70. The van der Waals surface area contributed by atoms with Crippen molar-refractivity contribution in [1.29, 1.82) is 0 Å². The Morgan fingerprint density at radius 1 is 1.44 bits per heavy atom. The van der Waals surface area contributed by atoms with Gasteiger partial charge in [0.25, 0.3) is 0 Å². The van der Waals surface area contributed by atoms with Gasteiger partial charge in [0.15, 0.2) is 0 Å². The lowest BCUT2D eigenvalue weighted by Crippen LogP contribution is -2.44. The van der Waals surface area contributed by atoms with Crippen LogP contribution in [0.3, 0.4) is 0 Å². The van der Waals surface area contributed by atoms with Crippen LogP contribution in [0.15, 0.2) is 12.4 Å². The molecule has 4 heteroatoms. The topological polar surface area (TPSA) is 44.0 Å². The highest BCUT2D eigenvalue weighted by atomic mass is 15.1. The molecule has 0 unspecified atom stereocenters. The number of H-pyrrole nitrogens is 1. The molecule has 2 N–H and O–H groups in total. The molecule has 1 aliphatic rings. The first-order chi connectivity index (χ1) is 8.74. The number of rotatable bonds is 6. The molecule has 0 radical (unpaired) electrons. The molecule has 0 bridgehead atoms. The summed E-state index contributed by atoms with van der Waals surface area (Å²) in [5.41, 5.74) is 0. The lowest BCUT2D eigenvalue weighted by atomic mass is 10.0. The summed E-state index contributed by atoms with van der Waals surface area (Å²) in [4.78, 5) is 10.0. The van der Waals surface area contributed by atoms with Crippen LogP contribution < -0.4 is 5.32 Å². The SMILES string of the molecule is CC(C)NC1CCN(CCCc2ncc[nH]2)CC1. The van der Waals surface area contributed by atoms with Crippen molar-refractivity contribution in [1.82, 2.24) is 20.2 Å². The Bertz CT molecular complexity index is 313. The van der Waals surface area contributed by atoms with Crippen LogP contribution in [-0.2, 0) is 6.42 Å². The predicted molar refractivity (Wildman–Crippen MR) is 74.6 cm³/mol. The van der Waals surface area contributed by atoms with Gasteiger partial charge in [-0.3, -0.25) is 0 Å². The normalized spacial score (nSPS) is 18.6. The smallest absolute Gasteiger partial charge is 0.106 e. The van der Waals surface area contributed by atoms with Gasteiger partial charge >= 0.3 is 0 Å². The second kappa shape index (κ2) is 6.90. The summed E-state index contributed by atoms with van der Waals surface area (Å²) in [5.74, 6) is 1.12. The van der Waals surface area contributed by atoms with Crippen LogP contribution >= 0.6 is 0 Å². The predicted octanol–water partition coefficient (Wildman–Crippen LogP) is 1.80. The van der Waals surface area contributed by atoms with E-state index < -0.39 is 0 Å². The third kappa shape index (κ3) is 4.42. The number of hydrogen-bond acceptors (Lipinski definition) is 3. The highest BCUT2D eigenvalue weighted by Gasteiger charge is 2.18. The number of aromatic nitrogens is 2. The van der Waals surface area contributed by atoms with Gasteiger partial charge < -0.3 is 15.2 Å². The zero-order valence-electron chi connectivity index (χ0n) is 11.7. The molecule has 18 heavy (non-hydrogen) atoms. The van der Waals surface area contributed by atoms with E-state index >= 15 is 0 Å². The second-order valence-electron chi connectivity index (χ2n) is 5.58. The Morgan fingerprint density at radius 3 is 2.83 bits per heavy atom. The molecule has 0 aliphatic carbocycles. The molecule has 0 saturated carbocycles. The minimum absolute atomic E-state index is 0.612. The summed E-state index contributed by atoms with van der Waals surface area (Å²) in [6, 6.07) is 1.34. The maximum atomic E-state index is 4.26. The van der Waals surface area contributed by atoms with Gasteiger partial charge in [-0.05, 0) is 38.9 Å². The number of aryl methyl sites for hydroxylation is 1. The van der Waals surface area contributed by atoms with Gasteiger partial charge in [-0.2, -0.15) is 0 Å². The van der Waals surface area contributed by atoms with Gasteiger partial charge in [-0.1, -0.05) is 13.8 Å². The molecular weight excluding hydrogens is 224 g/mol. The number of imidazole rings is 1. The van der Waals surface area contributed by atoms with Gasteiger partial charge in [-0.25, -0.2) is 4.98 Å². The standard InChI is InChI=1S/C14H26N4/c1-12(2)17-13-5-10-18(11-6-13)9-3-4-14-15-7-8-16-14/h7-8,12-13,17H,3-6,9-11H2,1-2H3,(H,15,16). The van der Waals surface area contributed by atoms with Crippen LogP contribution in [0.5, 0.6) is 0 Å². The van der Waals surface area contributed by atoms with Gasteiger partial charge in [0.05, 0.1) is 0 Å². The van der Waals surface area contributed by atoms with Crippen molar-refractivity contribution in [3.63, 3.8) is 0 Å². The Morgan fingerprint density at radius 2 is 2.22 bits per heavy atom. The van der Waals surface area contributed by atoms with Crippen molar-refractivity contribution in [3.05, 3.63) is 18.2 Å². The quantitative estimate of drug-likeness (QED) is 0.809. The molecule has 2 rings (SSSR count). The molecule has 0 spiro atoms. The molecule has 0 amide bonds. The van der Waals surface area contributed by atoms with E-state index in [0.29, 0.717) is 6.04 Å². The number of nitrogens with zero attached hydrogens (tertiary/aromatic N) is 2. The van der Waals surface area contributed by atoms with E-state index in [9.17, 15) is 0 Å². The average molecular weight is 250 g/mol. The summed E-state index contributed by atoms with van der Waals surface area (Å²) in [5, 5.41) is 3.64. The van der Waals surface area contributed by atoms with E-state index in [1.54, 1.807) is 0 Å². The molecule has 0 atom stereocenters. The molecule has 0 aromatic carbocycles. The zero-order chi connectivity index (χ0) is 12.8. The van der Waals surface area contributed by atoms with Crippen molar-refractivity contribution < 1.29 is 0 Å². The first-order valence-electron chi connectivity index (χ1n) is 7.20. The van der Waals surface area contributed by atoms with E-state index in [1.165, 1.54) is 38.9 Å². The van der Waals surface area contributed by atoms with Crippen LogP contribution in [0.1, 0.15) is 38.9 Å². The summed E-state index contributed by atoms with van der Waals surface area (Å²) >= 11 is 0. The number of aromatic amines is 1. The van der Waals surface area contributed by atoms with Gasteiger partial charge in [-0.15, -0.1) is 0 Å². The van der Waals surface area contributed by atoms with E-state index in [4.69, 9.17) is 0 Å². The van der Waals surface area contributed by atoms with Crippen LogP contribution in [-0.4, -0.2) is 46.6 Å². The van der Waals surface area contributed by atoms with E-state index in [-0.39, 0.29) is 0 Å². The lowest BCUT2D eigenvalue weighted by Gasteiger charge is -2.33. The van der Waals surface area contributed by atoms with Crippen LogP contribution in [0.2, 0.25) is 0 Å². The first kappa shape index (κ1) is 13.6. The summed E-state index contributed by atoms with van der Waals surface area (Å²) in [7, 11) is 0. The maximum Gasteiger partial charge on any atom is 0.106 e. The third-order valence-electron chi connectivity index (χ3n) is 3.60. The Kier molecular flexibility index (Phi) is 5.20. The van der Waals surface area contributed by atoms with Gasteiger partial charge in [0.1, 0.15) is 5.82 Å². The van der Waals surface area contributed by atoms with Crippen LogP contribution in [0, 0.1) is 0 Å². The van der Waals surface area contributed by atoms with Crippen LogP contribution in [0.25, 0.3) is 0 Å². The molecule has 1 aliphatic heterocycles. The fraction of sp³-hybridized carbons (Fsp3) is 0.786. The number of nitrogens with one attached hydrogen (secondary N) is 2. The first-order valence-corrected chi connectivity index (χ1v) is 7.20. The Hall–Kier alpha value is -0.870. The molecule has 2 heterocycles. The molecule has 1 aromatic heterocycles. The Labute approximate surface area is 110 Å². The van der Waals surface area contributed by atoms with Crippen molar-refractivity contribution in [2.75, 3.05) is 19.6 Å². The molecule has 102 valence electrons. The van der Waals surface area contributed by atoms with Crippen molar-refractivity contribution in [2.45, 2.75) is 51.6 Å². The number of likely N-dealkylation sites (tertiary alicyclic amines) is 1. The van der Waals surface area contributed by atoms with Crippen molar-refractivity contribution >= 4 is 0 Å². The Balaban J connectivity index is 1.59. The molecule has 1 aromatic rings. The van der Waals surface area contributed by atoms with Gasteiger partial charge in [0, 0.05) is 30.9 Å². The maximum absolute atomic E-state index is 4.26.